The molecule has 0 atom stereocenters. The molecule has 2 aromatic rings. The fraction of sp³-hybridized carbons (Fsp3) is 0.304. The zero-order valence-electron chi connectivity index (χ0n) is 20.9. The van der Waals surface area contributed by atoms with Gasteiger partial charge < -0.3 is 31.5 Å². The maximum absolute atomic E-state index is 12.5. The minimum Gasteiger partial charge on any atom is -0.506 e. The van der Waals surface area contributed by atoms with Crippen LogP contribution in [-0.2, 0) is 0 Å². The molecule has 4 amide bonds. The molecule has 16 nitrogen and oxygen atoms in total. The Morgan fingerprint density at radius 2 is 0.949 bits per heavy atom. The van der Waals surface area contributed by atoms with Crippen molar-refractivity contribution in [2.24, 2.45) is 0 Å². The monoisotopic (exact) mass is 546 g/mol. The number of nitrogens with zero attached hydrogens (tertiary/aromatic N) is 2. The molecule has 0 radical (unpaired) electrons. The van der Waals surface area contributed by atoms with Gasteiger partial charge in [-0.25, -0.2) is 0 Å². The molecule has 0 saturated heterocycles. The quantitative estimate of drug-likeness (QED) is 0.125. The van der Waals surface area contributed by atoms with Gasteiger partial charge >= 0.3 is 0 Å². The lowest BCUT2D eigenvalue weighted by Crippen LogP contribution is -2.27. The molecule has 2 aromatic carbocycles. The third-order valence-corrected chi connectivity index (χ3v) is 5.47. The molecule has 0 aliphatic carbocycles. The van der Waals surface area contributed by atoms with E-state index >= 15 is 0 Å². The maximum Gasteiger partial charge on any atom is 0.271 e. The number of unbranched alkanes of at least 4 members (excludes halogenated alkanes) is 2. The second-order valence-corrected chi connectivity index (χ2v) is 8.02. The van der Waals surface area contributed by atoms with Crippen LogP contribution in [0.4, 0.5) is 11.4 Å². The summed E-state index contributed by atoms with van der Waals surface area (Å²) in [5.74, 6) is -4.69. The molecule has 0 aromatic heterocycles. The predicted molar refractivity (Wildman–Crippen MR) is 135 cm³/mol. The van der Waals surface area contributed by atoms with E-state index in [9.17, 15) is 49.6 Å². The van der Waals surface area contributed by atoms with Gasteiger partial charge in [-0.3, -0.25) is 39.4 Å². The normalized spacial score (nSPS) is 10.3. The Hall–Kier alpha value is -5.28. The third kappa shape index (κ3) is 7.37. The van der Waals surface area contributed by atoms with E-state index in [1.807, 2.05) is 0 Å². The van der Waals surface area contributed by atoms with Crippen LogP contribution in [0.15, 0.2) is 24.3 Å². The number of amides is 4. The second-order valence-electron chi connectivity index (χ2n) is 8.02. The molecule has 0 aliphatic heterocycles. The molecular weight excluding hydrogens is 520 g/mol. The van der Waals surface area contributed by atoms with Crippen LogP contribution >= 0.6 is 0 Å². The highest BCUT2D eigenvalue weighted by Gasteiger charge is 2.25. The lowest BCUT2D eigenvalue weighted by molar-refractivity contribution is -0.385. The fourth-order valence-electron chi connectivity index (χ4n) is 3.43. The van der Waals surface area contributed by atoms with Crippen molar-refractivity contribution in [3.63, 3.8) is 0 Å². The predicted octanol–water partition coefficient (Wildman–Crippen LogP) is 0.963. The summed E-state index contributed by atoms with van der Waals surface area (Å²) < 4.78 is 0. The smallest absolute Gasteiger partial charge is 0.271 e. The number of aromatic hydroxyl groups is 2. The Morgan fingerprint density at radius 3 is 1.23 bits per heavy atom. The Balaban J connectivity index is 1.92. The average molecular weight is 546 g/mol. The maximum atomic E-state index is 12.5. The van der Waals surface area contributed by atoms with Gasteiger partial charge in [-0.1, -0.05) is 0 Å². The van der Waals surface area contributed by atoms with Crippen LogP contribution in [-0.4, -0.2) is 70.9 Å². The van der Waals surface area contributed by atoms with E-state index in [1.165, 1.54) is 14.1 Å². The van der Waals surface area contributed by atoms with Crippen molar-refractivity contribution < 1.29 is 39.2 Å². The van der Waals surface area contributed by atoms with Crippen LogP contribution < -0.4 is 21.3 Å². The molecule has 0 unspecified atom stereocenters. The number of non-ortho nitro benzene ring substituents is 2. The van der Waals surface area contributed by atoms with Crippen LogP contribution in [0.2, 0.25) is 0 Å². The number of nitrogens with one attached hydrogen (secondary N) is 4. The average Bonchev–Trinajstić information content (AvgIpc) is 2.91. The van der Waals surface area contributed by atoms with E-state index in [0.29, 0.717) is 19.3 Å². The zero-order chi connectivity index (χ0) is 29.3. The number of hydrogen-bond donors (Lipinski definition) is 6. The van der Waals surface area contributed by atoms with E-state index in [1.54, 1.807) is 0 Å². The topological polar surface area (TPSA) is 243 Å². The lowest BCUT2D eigenvalue weighted by Gasteiger charge is -2.11. The number of rotatable bonds is 12. The summed E-state index contributed by atoms with van der Waals surface area (Å²) in [5.41, 5.74) is -2.84. The minimum absolute atomic E-state index is 0.103. The summed E-state index contributed by atoms with van der Waals surface area (Å²) in [6, 6.07) is 3.41. The number of phenols is 2. The van der Waals surface area contributed by atoms with Crippen molar-refractivity contribution in [1.82, 2.24) is 21.3 Å². The molecule has 16 heteroatoms. The lowest BCUT2D eigenvalue weighted by atomic mass is 10.1. The van der Waals surface area contributed by atoms with E-state index in [2.05, 4.69) is 21.3 Å². The van der Waals surface area contributed by atoms with Gasteiger partial charge in [-0.15, -0.1) is 0 Å². The SMILES string of the molecule is CNC(=O)c1cc([N+](=O)[O-])cc(C(=O)NCCCCCNC(=O)c2cc([N+](=O)[O-])cc(C(=O)NC)c2O)c1O. The molecule has 0 bridgehead atoms. The molecule has 6 N–H and O–H groups in total. The number of phenolic OH excluding ortho intramolecular Hbond substituents is 2. The summed E-state index contributed by atoms with van der Waals surface area (Å²) in [4.78, 5) is 69.4. The standard InChI is InChI=1S/C23H26N6O10/c1-24-20(32)14-8-12(28(36)37)10-16(18(14)30)22(34)26-6-4-3-5-7-27-23(35)17-11-13(29(38)39)9-15(19(17)31)21(33)25-2/h8-11,30-31H,3-7H2,1-2H3,(H,24,32)(H,25,33)(H,26,34)(H,27,35). The first-order valence-corrected chi connectivity index (χ1v) is 11.5. The zero-order valence-corrected chi connectivity index (χ0v) is 20.9. The number of nitro groups is 2. The minimum atomic E-state index is -0.831. The highest BCUT2D eigenvalue weighted by molar-refractivity contribution is 6.05. The van der Waals surface area contributed by atoms with Crippen LogP contribution in [0.25, 0.3) is 0 Å². The first-order chi connectivity index (χ1) is 18.4. The Labute approximate surface area is 220 Å². The first kappa shape index (κ1) is 29.9. The van der Waals surface area contributed by atoms with E-state index < -0.39 is 78.6 Å². The Bertz CT molecular complexity index is 1230. The second kappa shape index (κ2) is 13.3. The largest absolute Gasteiger partial charge is 0.506 e. The van der Waals surface area contributed by atoms with E-state index in [4.69, 9.17) is 0 Å². The summed E-state index contributed by atoms with van der Waals surface area (Å²) >= 11 is 0. The molecule has 0 saturated carbocycles. The molecule has 0 fully saturated rings. The Kier molecular flexibility index (Phi) is 10.2. The first-order valence-electron chi connectivity index (χ1n) is 11.5. The Morgan fingerprint density at radius 1 is 0.641 bits per heavy atom. The highest BCUT2D eigenvalue weighted by atomic mass is 16.6. The van der Waals surface area contributed by atoms with Gasteiger partial charge in [0.25, 0.3) is 35.0 Å². The van der Waals surface area contributed by atoms with Gasteiger partial charge in [0.1, 0.15) is 11.5 Å². The van der Waals surface area contributed by atoms with Crippen molar-refractivity contribution in [2.45, 2.75) is 19.3 Å². The number of nitro benzene ring substituents is 2. The fourth-order valence-corrected chi connectivity index (χ4v) is 3.43. The van der Waals surface area contributed by atoms with Gasteiger partial charge in [-0.05, 0) is 19.3 Å². The van der Waals surface area contributed by atoms with Crippen molar-refractivity contribution in [2.75, 3.05) is 27.2 Å². The van der Waals surface area contributed by atoms with Gasteiger partial charge in [0, 0.05) is 51.5 Å². The molecule has 0 aliphatic rings. The third-order valence-electron chi connectivity index (χ3n) is 5.47. The summed E-state index contributed by atoms with van der Waals surface area (Å²) in [7, 11) is 2.52. The van der Waals surface area contributed by atoms with Gasteiger partial charge in [0.2, 0.25) is 0 Å². The molecule has 39 heavy (non-hydrogen) atoms. The van der Waals surface area contributed by atoms with Gasteiger partial charge in [0.05, 0.1) is 32.1 Å². The molecular formula is C23H26N6O10. The van der Waals surface area contributed by atoms with Crippen LogP contribution in [0.1, 0.15) is 60.7 Å². The van der Waals surface area contributed by atoms with Crippen molar-refractivity contribution >= 4 is 35.0 Å². The van der Waals surface area contributed by atoms with Gasteiger partial charge in [-0.2, -0.15) is 0 Å². The number of hydrogen-bond acceptors (Lipinski definition) is 10. The van der Waals surface area contributed by atoms with Crippen LogP contribution in [0, 0.1) is 20.2 Å². The van der Waals surface area contributed by atoms with Crippen molar-refractivity contribution in [3.05, 3.63) is 66.7 Å². The van der Waals surface area contributed by atoms with Crippen molar-refractivity contribution in [3.8, 4) is 11.5 Å². The highest BCUT2D eigenvalue weighted by Crippen LogP contribution is 2.29. The number of carbonyl (C=O) groups is 4. The summed E-state index contributed by atoms with van der Waals surface area (Å²) in [6.45, 7) is 0.205. The molecule has 0 spiro atoms. The summed E-state index contributed by atoms with van der Waals surface area (Å²) in [6.07, 6.45) is 1.29. The van der Waals surface area contributed by atoms with Crippen LogP contribution in [0.5, 0.6) is 11.5 Å². The van der Waals surface area contributed by atoms with Crippen molar-refractivity contribution in [1.29, 1.82) is 0 Å². The van der Waals surface area contributed by atoms with Gasteiger partial charge in [0.15, 0.2) is 0 Å². The molecule has 208 valence electrons. The van der Waals surface area contributed by atoms with E-state index in [0.717, 1.165) is 24.3 Å². The number of benzene rings is 2. The van der Waals surface area contributed by atoms with Crippen LogP contribution in [0.3, 0.4) is 0 Å². The van der Waals surface area contributed by atoms with E-state index in [-0.39, 0.29) is 13.1 Å². The summed E-state index contributed by atoms with van der Waals surface area (Å²) in [5, 5.41) is 52.2. The molecule has 2 rings (SSSR count). The molecule has 0 heterocycles. The number of carbonyl (C=O) groups excluding carboxylic acids is 4.